The number of piperidine rings is 1. The van der Waals surface area contributed by atoms with Gasteiger partial charge in [-0.3, -0.25) is 14.3 Å². The first-order chi connectivity index (χ1) is 23.1. The van der Waals surface area contributed by atoms with Crippen LogP contribution in [0.4, 0.5) is 32.4 Å². The lowest BCUT2D eigenvalue weighted by Gasteiger charge is -2.36. The van der Waals surface area contributed by atoms with Crippen molar-refractivity contribution in [3.05, 3.63) is 52.7 Å². The van der Waals surface area contributed by atoms with E-state index in [2.05, 4.69) is 31.3 Å². The zero-order valence-electron chi connectivity index (χ0n) is 26.0. The highest BCUT2D eigenvalue weighted by Crippen LogP contribution is 2.53. The molecule has 19 heteroatoms. The van der Waals surface area contributed by atoms with E-state index in [1.165, 1.54) is 25.2 Å². The highest BCUT2D eigenvalue weighted by molar-refractivity contribution is 6.34. The number of rotatable bonds is 8. The van der Waals surface area contributed by atoms with Crippen LogP contribution in [0.2, 0.25) is 5.02 Å². The monoisotopic (exact) mass is 713 g/mol. The summed E-state index contributed by atoms with van der Waals surface area (Å²) < 4.78 is 70.1. The summed E-state index contributed by atoms with van der Waals surface area (Å²) in [6, 6.07) is 1.63. The molecule has 13 nitrogen and oxygen atoms in total. The standard InChI is InChI=1S/C30H33ClF5N9O4/c1-43-21(18-14-45(23-9-29(23,32)33)42-24(18)30(34,35)36)12-38-25(43)27(48)40-15-5-6-17(19(31)8-15)26(47)39-10-16-4-2-3-7-44(16)28(49)41-20-11-37-13-22(20)46/h5-6,8,12,14,16,20,22-23,37,46H,2-4,7,9-11,13H2,1H3,(H,39,47)(H,40,48)(H,41,49)/t16?,20-,22-,23?/m0/s1. The SMILES string of the molecule is Cn1c(-c2cn(C3CC3(F)F)nc2C(F)(F)F)cnc1C(=O)Nc1ccc(C(=O)NCC2CCCCN2C(=O)N[C@H]2CNC[C@@H]2O)c(Cl)c1. The maximum absolute atomic E-state index is 13.8. The van der Waals surface area contributed by atoms with Gasteiger partial charge in [0.15, 0.2) is 11.5 Å². The molecule has 1 aromatic carbocycles. The minimum Gasteiger partial charge on any atom is -0.390 e. The zero-order valence-corrected chi connectivity index (χ0v) is 26.8. The van der Waals surface area contributed by atoms with Gasteiger partial charge in [-0.2, -0.15) is 18.3 Å². The molecular weight excluding hydrogens is 681 g/mol. The number of nitrogens with zero attached hydrogens (tertiary/aromatic N) is 5. The van der Waals surface area contributed by atoms with Gasteiger partial charge in [0.1, 0.15) is 6.04 Å². The van der Waals surface area contributed by atoms with Gasteiger partial charge in [-0.1, -0.05) is 11.6 Å². The molecule has 2 aromatic heterocycles. The number of hydrogen-bond donors (Lipinski definition) is 5. The molecule has 4 heterocycles. The summed E-state index contributed by atoms with van der Waals surface area (Å²) in [6.45, 7) is 1.51. The third-order valence-electron chi connectivity index (χ3n) is 8.93. The number of benzene rings is 1. The van der Waals surface area contributed by atoms with E-state index >= 15 is 0 Å². The van der Waals surface area contributed by atoms with Crippen LogP contribution in [0.1, 0.15) is 58.4 Å². The summed E-state index contributed by atoms with van der Waals surface area (Å²) in [5, 5.41) is 24.6. The highest BCUT2D eigenvalue weighted by Gasteiger charge is 2.59. The molecule has 1 aliphatic carbocycles. The summed E-state index contributed by atoms with van der Waals surface area (Å²) in [5.41, 5.74) is -1.80. The third-order valence-corrected chi connectivity index (χ3v) is 9.24. The summed E-state index contributed by atoms with van der Waals surface area (Å²) in [7, 11) is 1.30. The summed E-state index contributed by atoms with van der Waals surface area (Å²) >= 11 is 6.39. The minimum absolute atomic E-state index is 0.00379. The maximum atomic E-state index is 13.8. The Balaban J connectivity index is 1.09. The van der Waals surface area contributed by atoms with Crippen molar-refractivity contribution in [3.8, 4) is 11.3 Å². The first kappa shape index (κ1) is 34.6. The lowest BCUT2D eigenvalue weighted by molar-refractivity contribution is -0.141. The number of likely N-dealkylation sites (tertiary alicyclic amines) is 1. The van der Waals surface area contributed by atoms with Gasteiger partial charge in [0.25, 0.3) is 17.7 Å². The molecule has 4 atom stereocenters. The molecule has 0 bridgehead atoms. The molecule has 2 unspecified atom stereocenters. The quantitative estimate of drug-likeness (QED) is 0.224. The Morgan fingerprint density at radius 2 is 1.92 bits per heavy atom. The Morgan fingerprint density at radius 1 is 1.16 bits per heavy atom. The number of anilines is 1. The van der Waals surface area contributed by atoms with Crippen LogP contribution in [0.5, 0.6) is 0 Å². The van der Waals surface area contributed by atoms with Crippen molar-refractivity contribution in [3.63, 3.8) is 0 Å². The van der Waals surface area contributed by atoms with E-state index in [1.54, 1.807) is 4.90 Å². The van der Waals surface area contributed by atoms with Crippen LogP contribution in [0, 0.1) is 0 Å². The number of halogens is 6. The fraction of sp³-hybridized carbons (Fsp3) is 0.500. The van der Waals surface area contributed by atoms with Crippen LogP contribution in [-0.4, -0.2) is 97.5 Å². The predicted molar refractivity (Wildman–Crippen MR) is 165 cm³/mol. The van der Waals surface area contributed by atoms with Crippen LogP contribution in [-0.2, 0) is 13.2 Å². The lowest BCUT2D eigenvalue weighted by atomic mass is 10.0. The minimum atomic E-state index is -4.95. The molecule has 264 valence electrons. The van der Waals surface area contributed by atoms with E-state index in [0.29, 0.717) is 30.7 Å². The number of hydrogen-bond acceptors (Lipinski definition) is 7. The van der Waals surface area contributed by atoms with Crippen molar-refractivity contribution >= 4 is 35.1 Å². The fourth-order valence-corrected chi connectivity index (χ4v) is 6.37. The Bertz CT molecular complexity index is 1760. The van der Waals surface area contributed by atoms with Crippen LogP contribution in [0.25, 0.3) is 11.3 Å². The number of carbonyl (C=O) groups excluding carboxylic acids is 3. The van der Waals surface area contributed by atoms with E-state index in [0.717, 1.165) is 29.8 Å². The molecule has 0 radical (unpaired) electrons. The number of aliphatic hydroxyl groups is 1. The Kier molecular flexibility index (Phi) is 9.31. The fourth-order valence-electron chi connectivity index (χ4n) is 6.11. The molecule has 3 aliphatic rings. The van der Waals surface area contributed by atoms with Crippen LogP contribution in [0.15, 0.2) is 30.6 Å². The molecule has 3 aromatic rings. The van der Waals surface area contributed by atoms with Crippen LogP contribution in [0.3, 0.4) is 0 Å². The molecule has 3 fully saturated rings. The number of imidazole rings is 1. The summed E-state index contributed by atoms with van der Waals surface area (Å²) in [4.78, 5) is 44.7. The second-order valence-corrected chi connectivity index (χ2v) is 12.8. The number of amides is 4. The topological polar surface area (TPSA) is 158 Å². The van der Waals surface area contributed by atoms with Gasteiger partial charge < -0.3 is 35.8 Å². The molecule has 49 heavy (non-hydrogen) atoms. The number of aromatic nitrogens is 4. The third kappa shape index (κ3) is 7.21. The van der Waals surface area contributed by atoms with E-state index in [-0.39, 0.29) is 46.4 Å². The first-order valence-corrected chi connectivity index (χ1v) is 15.9. The number of urea groups is 1. The van der Waals surface area contributed by atoms with Crippen molar-refractivity contribution in [1.82, 2.24) is 40.2 Å². The Morgan fingerprint density at radius 3 is 2.57 bits per heavy atom. The maximum Gasteiger partial charge on any atom is 0.435 e. The van der Waals surface area contributed by atoms with E-state index in [9.17, 15) is 41.4 Å². The number of alkyl halides is 5. The lowest BCUT2D eigenvalue weighted by Crippen LogP contribution is -2.56. The van der Waals surface area contributed by atoms with Crippen molar-refractivity contribution < 1.29 is 41.4 Å². The van der Waals surface area contributed by atoms with E-state index in [1.807, 2.05) is 0 Å². The van der Waals surface area contributed by atoms with Crippen LogP contribution >= 0.6 is 11.6 Å². The number of carbonyl (C=O) groups is 3. The molecule has 0 spiro atoms. The molecule has 4 amide bonds. The normalized spacial score (nSPS) is 23.3. The number of nitrogens with one attached hydrogen (secondary N) is 4. The summed E-state index contributed by atoms with van der Waals surface area (Å²) in [6.07, 6.45) is -2.03. The van der Waals surface area contributed by atoms with Crippen molar-refractivity contribution in [2.24, 2.45) is 7.05 Å². The molecule has 6 rings (SSSR count). The van der Waals surface area contributed by atoms with Gasteiger partial charge in [-0.25, -0.2) is 18.6 Å². The van der Waals surface area contributed by atoms with Gasteiger partial charge in [-0.15, -0.1) is 0 Å². The van der Waals surface area contributed by atoms with Gasteiger partial charge >= 0.3 is 12.2 Å². The largest absolute Gasteiger partial charge is 0.435 e. The molecule has 2 aliphatic heterocycles. The van der Waals surface area contributed by atoms with E-state index < -0.39 is 59.8 Å². The van der Waals surface area contributed by atoms with Gasteiger partial charge in [0.05, 0.1) is 46.2 Å². The highest BCUT2D eigenvalue weighted by atomic mass is 35.5. The molecular formula is C30H33ClF5N9O4. The second kappa shape index (κ2) is 13.2. The van der Waals surface area contributed by atoms with Crippen molar-refractivity contribution in [1.29, 1.82) is 0 Å². The van der Waals surface area contributed by atoms with E-state index in [4.69, 9.17) is 11.6 Å². The second-order valence-electron chi connectivity index (χ2n) is 12.4. The number of β-amino-alcohol motifs (C(OH)–C–C–N with tert-alkyl or cyclic N) is 1. The van der Waals surface area contributed by atoms with Gasteiger partial charge in [0.2, 0.25) is 0 Å². The van der Waals surface area contributed by atoms with Crippen molar-refractivity contribution in [2.45, 2.75) is 62.0 Å². The zero-order chi connectivity index (χ0) is 35.2. The molecule has 5 N–H and O–H groups in total. The molecule has 2 saturated heterocycles. The van der Waals surface area contributed by atoms with Crippen LogP contribution < -0.4 is 21.3 Å². The molecule has 1 saturated carbocycles. The number of aliphatic hydroxyl groups excluding tert-OH is 1. The summed E-state index contributed by atoms with van der Waals surface area (Å²) in [5.74, 6) is -4.77. The predicted octanol–water partition coefficient (Wildman–Crippen LogP) is 3.41. The Labute approximate surface area is 281 Å². The smallest absolute Gasteiger partial charge is 0.390 e. The average molecular weight is 714 g/mol. The average Bonchev–Trinajstić information content (AvgIpc) is 3.43. The Hall–Kier alpha value is -4.29. The van der Waals surface area contributed by atoms with Gasteiger partial charge in [0, 0.05) is 51.5 Å². The van der Waals surface area contributed by atoms with Gasteiger partial charge in [-0.05, 0) is 37.5 Å². The van der Waals surface area contributed by atoms with Crippen molar-refractivity contribution in [2.75, 3.05) is 31.5 Å². The first-order valence-electron chi connectivity index (χ1n) is 15.6.